The number of thioether (sulfide) groups is 1. The lowest BCUT2D eigenvalue weighted by molar-refractivity contribution is -0.116. The number of carbonyl (C=O) groups is 2. The minimum Gasteiger partial charge on any atom is -0.310 e. The Kier molecular flexibility index (Phi) is 3.23. The maximum atomic E-state index is 12.5. The van der Waals surface area contributed by atoms with Crippen LogP contribution in [-0.4, -0.2) is 23.2 Å². The first-order valence-electron chi connectivity index (χ1n) is 5.76. The summed E-state index contributed by atoms with van der Waals surface area (Å²) in [4.78, 5) is 26.4. The molecule has 1 saturated heterocycles. The van der Waals surface area contributed by atoms with Crippen LogP contribution in [0.5, 0.6) is 0 Å². The van der Waals surface area contributed by atoms with Gasteiger partial charge in [0.1, 0.15) is 4.32 Å². The largest absolute Gasteiger partial charge is 0.310 e. The Morgan fingerprint density at radius 1 is 1.35 bits per heavy atom. The third kappa shape index (κ3) is 1.92. The maximum Gasteiger partial charge on any atom is 0.264 e. The second-order valence-corrected chi connectivity index (χ2v) is 7.13. The van der Waals surface area contributed by atoms with Crippen molar-refractivity contribution in [1.82, 2.24) is 5.32 Å². The van der Waals surface area contributed by atoms with Crippen LogP contribution in [0.1, 0.15) is 11.1 Å². The van der Waals surface area contributed by atoms with E-state index in [2.05, 4.69) is 21.2 Å². The first-order valence-corrected chi connectivity index (χ1v) is 7.78. The van der Waals surface area contributed by atoms with E-state index in [9.17, 15) is 9.59 Å². The summed E-state index contributed by atoms with van der Waals surface area (Å²) in [5.41, 5.74) is 3.01. The second kappa shape index (κ2) is 4.68. The number of halogens is 1. The normalized spacial score (nSPS) is 21.6. The van der Waals surface area contributed by atoms with Crippen molar-refractivity contribution in [3.63, 3.8) is 0 Å². The fraction of sp³-hybridized carbons (Fsp3) is 0.154. The lowest BCUT2D eigenvalue weighted by atomic mass is 10.0. The summed E-state index contributed by atoms with van der Waals surface area (Å²) in [6.45, 7) is 1.94. The van der Waals surface area contributed by atoms with Gasteiger partial charge in [0, 0.05) is 17.1 Å². The summed E-state index contributed by atoms with van der Waals surface area (Å²) in [7, 11) is 1.71. The van der Waals surface area contributed by atoms with E-state index in [0.29, 0.717) is 14.8 Å². The monoisotopic (exact) mass is 368 g/mol. The molecule has 0 unspecified atom stereocenters. The van der Waals surface area contributed by atoms with Gasteiger partial charge in [-0.3, -0.25) is 9.59 Å². The third-order valence-corrected chi connectivity index (χ3v) is 4.92. The van der Waals surface area contributed by atoms with Crippen molar-refractivity contribution in [2.75, 3.05) is 11.9 Å². The van der Waals surface area contributed by atoms with Crippen LogP contribution in [0.15, 0.2) is 21.5 Å². The average Bonchev–Trinajstić information content (AvgIpc) is 2.78. The Labute approximate surface area is 133 Å². The number of carbonyl (C=O) groups excluding carboxylic acids is 2. The number of hydrogen-bond donors (Lipinski definition) is 1. The number of hydrogen-bond acceptors (Lipinski definition) is 4. The molecular formula is C13H9BrN2O2S2. The first-order chi connectivity index (χ1) is 9.40. The van der Waals surface area contributed by atoms with Gasteiger partial charge in [0.05, 0.1) is 16.2 Å². The summed E-state index contributed by atoms with van der Waals surface area (Å²) in [6, 6.07) is 3.81. The highest BCUT2D eigenvalue weighted by atomic mass is 79.9. The molecule has 3 rings (SSSR count). The molecule has 7 heteroatoms. The molecule has 0 atom stereocenters. The Morgan fingerprint density at radius 3 is 2.65 bits per heavy atom. The van der Waals surface area contributed by atoms with Crippen LogP contribution in [0.3, 0.4) is 0 Å². The highest BCUT2D eigenvalue weighted by Gasteiger charge is 2.38. The average molecular weight is 369 g/mol. The molecule has 0 aromatic heterocycles. The van der Waals surface area contributed by atoms with Gasteiger partial charge >= 0.3 is 0 Å². The smallest absolute Gasteiger partial charge is 0.264 e. The number of fused-ring (bicyclic) bond motifs is 1. The van der Waals surface area contributed by atoms with Gasteiger partial charge in [0.25, 0.3) is 11.8 Å². The van der Waals surface area contributed by atoms with Crippen LogP contribution in [0, 0.1) is 6.92 Å². The zero-order valence-corrected chi connectivity index (χ0v) is 13.8. The van der Waals surface area contributed by atoms with E-state index >= 15 is 0 Å². The molecule has 20 heavy (non-hydrogen) atoms. The van der Waals surface area contributed by atoms with Gasteiger partial charge in [-0.2, -0.15) is 0 Å². The zero-order valence-electron chi connectivity index (χ0n) is 10.6. The maximum absolute atomic E-state index is 12.5. The standard InChI is InChI=1S/C13H9BrN2O2S2/c1-5-3-6(14)4-7-8(12(18)16(2)9(5)7)10-11(17)15-13(19)20-10/h3-4H,1-2H3,(H,15,17,19)/b10-8-. The van der Waals surface area contributed by atoms with Crippen molar-refractivity contribution in [1.29, 1.82) is 0 Å². The summed E-state index contributed by atoms with van der Waals surface area (Å²) in [6.07, 6.45) is 0. The molecule has 1 N–H and O–H groups in total. The topological polar surface area (TPSA) is 49.4 Å². The van der Waals surface area contributed by atoms with E-state index < -0.39 is 0 Å². The quantitative estimate of drug-likeness (QED) is 0.564. The van der Waals surface area contributed by atoms with Crippen LogP contribution >= 0.6 is 39.9 Å². The number of nitrogens with one attached hydrogen (secondary N) is 1. The molecule has 1 aromatic carbocycles. The number of amides is 2. The lowest BCUT2D eigenvalue weighted by Crippen LogP contribution is -2.23. The van der Waals surface area contributed by atoms with E-state index in [0.717, 1.165) is 33.0 Å². The van der Waals surface area contributed by atoms with Gasteiger partial charge in [-0.15, -0.1) is 0 Å². The fourth-order valence-corrected chi connectivity index (χ4v) is 4.14. The number of aryl methyl sites for hydroxylation is 1. The van der Waals surface area contributed by atoms with Crippen molar-refractivity contribution in [3.05, 3.63) is 32.6 Å². The summed E-state index contributed by atoms with van der Waals surface area (Å²) >= 11 is 9.56. The number of thiocarbonyl (C=S) groups is 1. The molecule has 2 aliphatic heterocycles. The molecule has 2 amide bonds. The van der Waals surface area contributed by atoms with E-state index in [1.54, 1.807) is 11.9 Å². The number of rotatable bonds is 0. The van der Waals surface area contributed by atoms with Crippen LogP contribution in [0.4, 0.5) is 5.69 Å². The summed E-state index contributed by atoms with van der Waals surface area (Å²) < 4.78 is 1.26. The minimum absolute atomic E-state index is 0.177. The van der Waals surface area contributed by atoms with Gasteiger partial charge in [0.2, 0.25) is 0 Å². The summed E-state index contributed by atoms with van der Waals surface area (Å²) in [5, 5.41) is 2.55. The second-order valence-electron chi connectivity index (χ2n) is 4.53. The first kappa shape index (κ1) is 13.8. The molecule has 2 heterocycles. The van der Waals surface area contributed by atoms with Crippen molar-refractivity contribution < 1.29 is 9.59 Å². The molecule has 102 valence electrons. The van der Waals surface area contributed by atoms with Crippen LogP contribution in [0.25, 0.3) is 5.57 Å². The predicted molar refractivity (Wildman–Crippen MR) is 87.5 cm³/mol. The number of nitrogens with zero attached hydrogens (tertiary/aromatic N) is 1. The van der Waals surface area contributed by atoms with E-state index in [1.807, 2.05) is 19.1 Å². The molecule has 0 saturated carbocycles. The molecule has 2 aliphatic rings. The highest BCUT2D eigenvalue weighted by Crippen LogP contribution is 2.44. The zero-order chi connectivity index (χ0) is 14.6. The van der Waals surface area contributed by atoms with E-state index in [-0.39, 0.29) is 11.8 Å². The number of anilines is 1. The van der Waals surface area contributed by atoms with E-state index in [1.165, 1.54) is 0 Å². The van der Waals surface area contributed by atoms with Crippen LogP contribution in [0.2, 0.25) is 0 Å². The predicted octanol–water partition coefficient (Wildman–Crippen LogP) is 2.59. The molecule has 0 bridgehead atoms. The Bertz CT molecular complexity index is 727. The molecular weight excluding hydrogens is 360 g/mol. The fourth-order valence-electron chi connectivity index (χ4n) is 2.45. The van der Waals surface area contributed by atoms with Gasteiger partial charge in [-0.1, -0.05) is 39.9 Å². The van der Waals surface area contributed by atoms with Crippen molar-refractivity contribution in [2.45, 2.75) is 6.92 Å². The van der Waals surface area contributed by atoms with Gasteiger partial charge in [-0.05, 0) is 24.6 Å². The Balaban J connectivity index is 2.31. The Hall–Kier alpha value is -1.18. The molecule has 1 aromatic rings. The molecule has 0 radical (unpaired) electrons. The van der Waals surface area contributed by atoms with Gasteiger partial charge < -0.3 is 10.2 Å². The Morgan fingerprint density at radius 2 is 2.05 bits per heavy atom. The molecule has 0 spiro atoms. The van der Waals surface area contributed by atoms with Crippen molar-refractivity contribution in [3.8, 4) is 0 Å². The number of likely N-dealkylation sites (N-methyl/N-ethyl adjacent to an activating group) is 1. The van der Waals surface area contributed by atoms with Gasteiger partial charge in [0.15, 0.2) is 0 Å². The number of benzene rings is 1. The van der Waals surface area contributed by atoms with Crippen molar-refractivity contribution in [2.24, 2.45) is 0 Å². The SMILES string of the molecule is Cc1cc(Br)cc2c1N(C)C(=O)/C2=C1\SC(=S)NC1=O. The van der Waals surface area contributed by atoms with E-state index in [4.69, 9.17) is 12.2 Å². The van der Waals surface area contributed by atoms with Crippen molar-refractivity contribution >= 4 is 67.3 Å². The summed E-state index contributed by atoms with van der Waals surface area (Å²) in [5.74, 6) is -0.481. The molecule has 0 aliphatic carbocycles. The lowest BCUT2D eigenvalue weighted by Gasteiger charge is -2.12. The minimum atomic E-state index is -0.303. The molecule has 1 fully saturated rings. The van der Waals surface area contributed by atoms with Gasteiger partial charge in [-0.25, -0.2) is 0 Å². The highest BCUT2D eigenvalue weighted by molar-refractivity contribution is 9.10. The van der Waals surface area contributed by atoms with Crippen LogP contribution < -0.4 is 10.2 Å². The van der Waals surface area contributed by atoms with Crippen LogP contribution in [-0.2, 0) is 9.59 Å². The molecule has 4 nitrogen and oxygen atoms in total. The third-order valence-electron chi connectivity index (χ3n) is 3.23.